The molecule has 2 rings (SSSR count). The van der Waals surface area contributed by atoms with Crippen LogP contribution < -0.4 is 10.0 Å². The lowest BCUT2D eigenvalue weighted by Crippen LogP contribution is -2.38. The minimum Gasteiger partial charge on any atom is -0.316 e. The maximum Gasteiger partial charge on any atom is 0.240 e. The lowest BCUT2D eigenvalue weighted by Gasteiger charge is -2.23. The Balaban J connectivity index is 0.00000200. The van der Waals surface area contributed by atoms with Gasteiger partial charge in [0.1, 0.15) is 5.82 Å². The molecule has 20 heavy (non-hydrogen) atoms. The molecule has 1 heterocycles. The summed E-state index contributed by atoms with van der Waals surface area (Å²) in [5, 5.41) is 3.25. The van der Waals surface area contributed by atoms with Crippen molar-refractivity contribution in [3.63, 3.8) is 0 Å². The van der Waals surface area contributed by atoms with Crippen LogP contribution in [0.15, 0.2) is 23.1 Å². The van der Waals surface area contributed by atoms with Gasteiger partial charge in [-0.05, 0) is 62.5 Å². The molecule has 2 N–H and O–H groups in total. The molecule has 114 valence electrons. The van der Waals surface area contributed by atoms with E-state index in [9.17, 15) is 12.8 Å². The van der Waals surface area contributed by atoms with Gasteiger partial charge in [-0.15, -0.1) is 12.4 Å². The fourth-order valence-electron chi connectivity index (χ4n) is 2.32. The first-order chi connectivity index (χ1) is 8.99. The number of piperidine rings is 1. The molecule has 1 aromatic carbocycles. The molecule has 1 saturated heterocycles. The van der Waals surface area contributed by atoms with E-state index in [1.165, 1.54) is 18.2 Å². The van der Waals surface area contributed by atoms with Crippen LogP contribution in [0.25, 0.3) is 0 Å². The minimum absolute atomic E-state index is 0. The Labute approximate surface area is 125 Å². The molecule has 1 aliphatic heterocycles. The molecule has 0 saturated carbocycles. The van der Waals surface area contributed by atoms with Crippen LogP contribution in [0.4, 0.5) is 4.39 Å². The molecular weight excluding hydrogens is 303 g/mol. The summed E-state index contributed by atoms with van der Waals surface area (Å²) in [6.45, 7) is 3.86. The van der Waals surface area contributed by atoms with Crippen molar-refractivity contribution in [1.29, 1.82) is 0 Å². The summed E-state index contributed by atoms with van der Waals surface area (Å²) < 4.78 is 39.9. The van der Waals surface area contributed by atoms with E-state index in [0.29, 0.717) is 18.0 Å². The summed E-state index contributed by atoms with van der Waals surface area (Å²) in [5.41, 5.74) is 0.425. The zero-order valence-corrected chi connectivity index (χ0v) is 13.0. The maximum atomic E-state index is 13.0. The second-order valence-electron chi connectivity index (χ2n) is 4.97. The average molecular weight is 323 g/mol. The predicted molar refractivity (Wildman–Crippen MR) is 79.2 cm³/mol. The van der Waals surface area contributed by atoms with Crippen molar-refractivity contribution in [2.75, 3.05) is 19.6 Å². The number of hydrogen-bond acceptors (Lipinski definition) is 3. The van der Waals surface area contributed by atoms with E-state index in [1.54, 1.807) is 6.92 Å². The van der Waals surface area contributed by atoms with Crippen molar-refractivity contribution in [3.05, 3.63) is 29.6 Å². The summed E-state index contributed by atoms with van der Waals surface area (Å²) in [7, 11) is -3.55. The smallest absolute Gasteiger partial charge is 0.240 e. The van der Waals surface area contributed by atoms with Gasteiger partial charge in [0.2, 0.25) is 10.0 Å². The van der Waals surface area contributed by atoms with Crippen LogP contribution in [0.2, 0.25) is 0 Å². The molecular formula is C13H20ClFN2O2S. The van der Waals surface area contributed by atoms with Gasteiger partial charge in [-0.3, -0.25) is 0 Å². The zero-order chi connectivity index (χ0) is 13.9. The van der Waals surface area contributed by atoms with Gasteiger partial charge >= 0.3 is 0 Å². The highest BCUT2D eigenvalue weighted by atomic mass is 35.5. The van der Waals surface area contributed by atoms with Crippen molar-refractivity contribution < 1.29 is 12.8 Å². The predicted octanol–water partition coefficient (Wildman–Crippen LogP) is 1.83. The first-order valence-corrected chi connectivity index (χ1v) is 7.94. The third kappa shape index (κ3) is 4.41. The number of halogens is 2. The van der Waals surface area contributed by atoms with E-state index in [1.807, 2.05) is 0 Å². The molecule has 1 aliphatic rings. The number of sulfonamides is 1. The van der Waals surface area contributed by atoms with Crippen LogP contribution in [0.3, 0.4) is 0 Å². The summed E-state index contributed by atoms with van der Waals surface area (Å²) in [4.78, 5) is 0.151. The third-order valence-electron chi connectivity index (χ3n) is 3.39. The van der Waals surface area contributed by atoms with Crippen molar-refractivity contribution >= 4 is 22.4 Å². The summed E-state index contributed by atoms with van der Waals surface area (Å²) in [6, 6.07) is 3.71. The first-order valence-electron chi connectivity index (χ1n) is 6.45. The highest BCUT2D eigenvalue weighted by Crippen LogP contribution is 2.17. The Morgan fingerprint density at radius 1 is 1.45 bits per heavy atom. The van der Waals surface area contributed by atoms with Gasteiger partial charge in [0.15, 0.2) is 0 Å². The van der Waals surface area contributed by atoms with Gasteiger partial charge in [0.05, 0.1) is 4.90 Å². The SMILES string of the molecule is Cc1cc(F)ccc1S(=O)(=O)NCC1CCCNC1.Cl. The Morgan fingerprint density at radius 2 is 2.20 bits per heavy atom. The normalized spacial score (nSPS) is 19.4. The number of nitrogens with one attached hydrogen (secondary N) is 2. The van der Waals surface area contributed by atoms with E-state index in [4.69, 9.17) is 0 Å². The van der Waals surface area contributed by atoms with Crippen molar-refractivity contribution in [2.45, 2.75) is 24.7 Å². The van der Waals surface area contributed by atoms with Crippen LogP contribution in [-0.2, 0) is 10.0 Å². The molecule has 1 fully saturated rings. The largest absolute Gasteiger partial charge is 0.316 e. The molecule has 1 aromatic rings. The van der Waals surface area contributed by atoms with Crippen LogP contribution in [0.5, 0.6) is 0 Å². The summed E-state index contributed by atoms with van der Waals surface area (Å²) >= 11 is 0. The van der Waals surface area contributed by atoms with Crippen LogP contribution >= 0.6 is 12.4 Å². The standard InChI is InChI=1S/C13H19FN2O2S.ClH/c1-10-7-12(14)4-5-13(10)19(17,18)16-9-11-3-2-6-15-8-11;/h4-5,7,11,15-16H,2-3,6,8-9H2,1H3;1H. The molecule has 0 amide bonds. The van der Waals surface area contributed by atoms with Gasteiger partial charge in [0.25, 0.3) is 0 Å². The lowest BCUT2D eigenvalue weighted by molar-refractivity contribution is 0.376. The quantitative estimate of drug-likeness (QED) is 0.889. The van der Waals surface area contributed by atoms with Crippen LogP contribution in [0, 0.1) is 18.7 Å². The minimum atomic E-state index is -3.55. The first kappa shape index (κ1) is 17.4. The van der Waals surface area contributed by atoms with Gasteiger partial charge < -0.3 is 5.32 Å². The van der Waals surface area contributed by atoms with Gasteiger partial charge in [-0.2, -0.15) is 0 Å². The van der Waals surface area contributed by atoms with E-state index in [0.717, 1.165) is 25.9 Å². The van der Waals surface area contributed by atoms with Crippen molar-refractivity contribution in [3.8, 4) is 0 Å². The third-order valence-corrected chi connectivity index (χ3v) is 4.97. The Bertz CT molecular complexity index is 545. The molecule has 7 heteroatoms. The molecule has 0 aromatic heterocycles. The van der Waals surface area contributed by atoms with Crippen molar-refractivity contribution in [1.82, 2.24) is 10.0 Å². The van der Waals surface area contributed by atoms with Crippen LogP contribution in [0.1, 0.15) is 18.4 Å². The number of benzene rings is 1. The van der Waals surface area contributed by atoms with Crippen molar-refractivity contribution in [2.24, 2.45) is 5.92 Å². The molecule has 1 atom stereocenters. The van der Waals surface area contributed by atoms with E-state index in [2.05, 4.69) is 10.0 Å². The molecule has 1 unspecified atom stereocenters. The van der Waals surface area contributed by atoms with E-state index < -0.39 is 15.8 Å². The second kappa shape index (κ2) is 7.36. The van der Waals surface area contributed by atoms with E-state index in [-0.39, 0.29) is 17.3 Å². The molecule has 0 spiro atoms. The topological polar surface area (TPSA) is 58.2 Å². The Kier molecular flexibility index (Phi) is 6.39. The highest BCUT2D eigenvalue weighted by Gasteiger charge is 2.20. The van der Waals surface area contributed by atoms with E-state index >= 15 is 0 Å². The summed E-state index contributed by atoms with van der Waals surface area (Å²) in [6.07, 6.45) is 2.10. The molecule has 0 aliphatic carbocycles. The second-order valence-corrected chi connectivity index (χ2v) is 6.71. The number of rotatable bonds is 4. The van der Waals surface area contributed by atoms with Gasteiger partial charge in [0, 0.05) is 6.54 Å². The number of aryl methyl sites for hydroxylation is 1. The Morgan fingerprint density at radius 3 is 2.80 bits per heavy atom. The maximum absolute atomic E-state index is 13.0. The lowest BCUT2D eigenvalue weighted by atomic mass is 10.0. The fraction of sp³-hybridized carbons (Fsp3) is 0.538. The number of hydrogen-bond donors (Lipinski definition) is 2. The van der Waals surface area contributed by atoms with Gasteiger partial charge in [-0.1, -0.05) is 0 Å². The van der Waals surface area contributed by atoms with Gasteiger partial charge in [-0.25, -0.2) is 17.5 Å². The molecule has 4 nitrogen and oxygen atoms in total. The average Bonchev–Trinajstić information content (AvgIpc) is 2.37. The zero-order valence-electron chi connectivity index (χ0n) is 11.4. The highest BCUT2D eigenvalue weighted by molar-refractivity contribution is 7.89. The summed E-state index contributed by atoms with van der Waals surface area (Å²) in [5.74, 6) is -0.0998. The fourth-order valence-corrected chi connectivity index (χ4v) is 3.66. The molecule has 0 bridgehead atoms. The van der Waals surface area contributed by atoms with Crippen LogP contribution in [-0.4, -0.2) is 28.1 Å². The monoisotopic (exact) mass is 322 g/mol. The molecule has 0 radical (unpaired) electrons. The Hall–Kier alpha value is -0.690.